The van der Waals surface area contributed by atoms with Crippen molar-refractivity contribution < 1.29 is 18.4 Å². The maximum atomic E-state index is 12.0. The minimum Gasteiger partial charge on any atom is -0.409 e. The van der Waals surface area contributed by atoms with Gasteiger partial charge in [0.2, 0.25) is 10.0 Å². The first-order valence-corrected chi connectivity index (χ1v) is 8.11. The molecule has 0 bridgehead atoms. The summed E-state index contributed by atoms with van der Waals surface area (Å²) in [5.41, 5.74) is 7.05. The highest BCUT2D eigenvalue weighted by molar-refractivity contribution is 7.92. The van der Waals surface area contributed by atoms with E-state index in [-0.39, 0.29) is 24.3 Å². The molecule has 118 valence electrons. The Morgan fingerprint density at radius 3 is 2.71 bits per heavy atom. The Bertz CT molecular complexity index is 612. The molecule has 7 nitrogen and oxygen atoms in total. The number of hydrogen-bond acceptors (Lipinski definition) is 5. The molecule has 0 atom stereocenters. The summed E-state index contributed by atoms with van der Waals surface area (Å²) in [6.07, 6.45) is -0.0224. The van der Waals surface area contributed by atoms with E-state index in [9.17, 15) is 8.42 Å². The summed E-state index contributed by atoms with van der Waals surface area (Å²) in [4.78, 5) is 0. The summed E-state index contributed by atoms with van der Waals surface area (Å²) < 4.78 is 31.7. The number of benzene rings is 1. The summed E-state index contributed by atoms with van der Waals surface area (Å²) in [5, 5.41) is 11.5. The number of anilines is 1. The van der Waals surface area contributed by atoms with E-state index in [2.05, 4.69) is 9.88 Å². The van der Waals surface area contributed by atoms with Crippen molar-refractivity contribution in [2.24, 2.45) is 10.9 Å². The van der Waals surface area contributed by atoms with Crippen molar-refractivity contribution >= 4 is 21.5 Å². The fraction of sp³-hybridized carbons (Fsp3) is 0.462. The molecule has 0 saturated carbocycles. The van der Waals surface area contributed by atoms with Gasteiger partial charge in [0, 0.05) is 5.56 Å². The predicted molar refractivity (Wildman–Crippen MR) is 82.2 cm³/mol. The van der Waals surface area contributed by atoms with E-state index >= 15 is 0 Å². The highest BCUT2D eigenvalue weighted by Gasteiger charge is 2.13. The van der Waals surface area contributed by atoms with E-state index < -0.39 is 10.0 Å². The van der Waals surface area contributed by atoms with Crippen molar-refractivity contribution in [1.29, 1.82) is 0 Å². The molecule has 0 amide bonds. The van der Waals surface area contributed by atoms with Crippen molar-refractivity contribution in [2.45, 2.75) is 26.9 Å². The number of oxime groups is 1. The van der Waals surface area contributed by atoms with Crippen LogP contribution in [0.2, 0.25) is 0 Å². The van der Waals surface area contributed by atoms with E-state index in [0.29, 0.717) is 11.3 Å². The van der Waals surface area contributed by atoms with E-state index in [4.69, 9.17) is 15.7 Å². The normalized spacial score (nSPS) is 12.7. The van der Waals surface area contributed by atoms with E-state index in [1.807, 2.05) is 13.8 Å². The number of aryl methyl sites for hydroxylation is 1. The second kappa shape index (κ2) is 7.28. The van der Waals surface area contributed by atoms with Crippen LogP contribution in [-0.4, -0.2) is 37.9 Å². The zero-order valence-electron chi connectivity index (χ0n) is 12.3. The van der Waals surface area contributed by atoms with Gasteiger partial charge in [-0.05, 0) is 32.4 Å². The molecule has 0 aliphatic rings. The number of rotatable bonds is 7. The average Bonchev–Trinajstić information content (AvgIpc) is 2.39. The van der Waals surface area contributed by atoms with Gasteiger partial charge in [-0.1, -0.05) is 17.3 Å². The van der Waals surface area contributed by atoms with Crippen LogP contribution >= 0.6 is 0 Å². The summed E-state index contributed by atoms with van der Waals surface area (Å²) in [6, 6.07) is 4.85. The second-order valence-electron chi connectivity index (χ2n) is 4.86. The van der Waals surface area contributed by atoms with Crippen LogP contribution in [0.5, 0.6) is 0 Å². The Labute approximate surface area is 124 Å². The molecule has 1 aromatic rings. The van der Waals surface area contributed by atoms with Crippen LogP contribution in [0.3, 0.4) is 0 Å². The quantitative estimate of drug-likeness (QED) is 0.303. The van der Waals surface area contributed by atoms with Crippen molar-refractivity contribution in [1.82, 2.24) is 0 Å². The van der Waals surface area contributed by atoms with Crippen LogP contribution in [0.4, 0.5) is 5.69 Å². The highest BCUT2D eigenvalue weighted by atomic mass is 32.2. The SMILES string of the molecule is Cc1ccc(C(N)=NO)cc1NS(=O)(=O)CCOC(C)C. The molecular formula is C13H21N3O4S. The average molecular weight is 315 g/mol. The smallest absolute Gasteiger partial charge is 0.235 e. The maximum Gasteiger partial charge on any atom is 0.235 e. The molecule has 8 heteroatoms. The van der Waals surface area contributed by atoms with Gasteiger partial charge in [0.05, 0.1) is 24.2 Å². The second-order valence-corrected chi connectivity index (χ2v) is 6.70. The van der Waals surface area contributed by atoms with Crippen LogP contribution in [0.1, 0.15) is 25.0 Å². The molecule has 0 heterocycles. The van der Waals surface area contributed by atoms with Gasteiger partial charge in [0.25, 0.3) is 0 Å². The van der Waals surface area contributed by atoms with Gasteiger partial charge in [0.1, 0.15) is 0 Å². The monoisotopic (exact) mass is 315 g/mol. The molecule has 0 spiro atoms. The molecule has 0 fully saturated rings. The van der Waals surface area contributed by atoms with Gasteiger partial charge in [-0.3, -0.25) is 4.72 Å². The van der Waals surface area contributed by atoms with E-state index in [0.717, 1.165) is 5.56 Å². The molecule has 1 aromatic carbocycles. The molecule has 1 rings (SSSR count). The Kier molecular flexibility index (Phi) is 5.98. The van der Waals surface area contributed by atoms with Gasteiger partial charge in [-0.2, -0.15) is 0 Å². The summed E-state index contributed by atoms with van der Waals surface area (Å²) in [5.74, 6) is -0.225. The molecule has 0 saturated heterocycles. The number of ether oxygens (including phenoxy) is 1. The molecular weight excluding hydrogens is 294 g/mol. The van der Waals surface area contributed by atoms with Gasteiger partial charge in [-0.15, -0.1) is 0 Å². The van der Waals surface area contributed by atoms with Crippen molar-refractivity contribution in [2.75, 3.05) is 17.1 Å². The zero-order valence-corrected chi connectivity index (χ0v) is 13.1. The molecule has 0 aliphatic heterocycles. The van der Waals surface area contributed by atoms with Crippen LogP contribution < -0.4 is 10.5 Å². The Balaban J connectivity index is 2.86. The summed E-state index contributed by atoms with van der Waals surface area (Å²) in [6.45, 7) is 5.56. The van der Waals surface area contributed by atoms with Crippen LogP contribution in [0.25, 0.3) is 0 Å². The fourth-order valence-electron chi connectivity index (χ4n) is 1.56. The maximum absolute atomic E-state index is 12.0. The largest absolute Gasteiger partial charge is 0.409 e. The van der Waals surface area contributed by atoms with Gasteiger partial charge < -0.3 is 15.7 Å². The lowest BCUT2D eigenvalue weighted by Crippen LogP contribution is -2.22. The number of sulfonamides is 1. The number of nitrogens with one attached hydrogen (secondary N) is 1. The standard InChI is InChI=1S/C13H21N3O4S/c1-9(2)20-6-7-21(18,19)16-12-8-11(13(14)15-17)5-4-10(12)3/h4-5,8-9,16-17H,6-7H2,1-3H3,(H2,14,15). The third-order valence-corrected chi connectivity index (χ3v) is 3.94. The third-order valence-electron chi connectivity index (χ3n) is 2.71. The third kappa shape index (κ3) is 5.60. The number of amidine groups is 1. The van der Waals surface area contributed by atoms with Gasteiger partial charge in [0.15, 0.2) is 5.84 Å². The highest BCUT2D eigenvalue weighted by Crippen LogP contribution is 2.18. The lowest BCUT2D eigenvalue weighted by atomic mass is 10.1. The zero-order chi connectivity index (χ0) is 16.0. The number of nitrogens with two attached hydrogens (primary N) is 1. The molecule has 4 N–H and O–H groups in total. The van der Waals surface area contributed by atoms with E-state index in [1.165, 1.54) is 6.07 Å². The minimum atomic E-state index is -3.52. The van der Waals surface area contributed by atoms with Crippen molar-refractivity contribution in [3.05, 3.63) is 29.3 Å². The minimum absolute atomic E-state index is 0.0224. The number of nitrogens with zero attached hydrogens (tertiary/aromatic N) is 1. The molecule has 0 aliphatic carbocycles. The number of hydrogen-bond donors (Lipinski definition) is 3. The first-order chi connectivity index (χ1) is 9.75. The summed E-state index contributed by atoms with van der Waals surface area (Å²) >= 11 is 0. The van der Waals surface area contributed by atoms with Crippen LogP contribution in [0.15, 0.2) is 23.4 Å². The first-order valence-electron chi connectivity index (χ1n) is 6.46. The van der Waals surface area contributed by atoms with E-state index in [1.54, 1.807) is 19.1 Å². The Morgan fingerprint density at radius 1 is 1.48 bits per heavy atom. The first kappa shape index (κ1) is 17.3. The summed E-state index contributed by atoms with van der Waals surface area (Å²) in [7, 11) is -3.52. The van der Waals surface area contributed by atoms with Crippen LogP contribution in [0, 0.1) is 6.92 Å². The van der Waals surface area contributed by atoms with Crippen molar-refractivity contribution in [3.63, 3.8) is 0 Å². The molecule has 21 heavy (non-hydrogen) atoms. The predicted octanol–water partition coefficient (Wildman–Crippen LogP) is 1.26. The Morgan fingerprint density at radius 2 is 2.14 bits per heavy atom. The lowest BCUT2D eigenvalue weighted by Gasteiger charge is -2.13. The molecule has 0 unspecified atom stereocenters. The van der Waals surface area contributed by atoms with Gasteiger partial charge in [-0.25, -0.2) is 8.42 Å². The molecule has 0 radical (unpaired) electrons. The lowest BCUT2D eigenvalue weighted by molar-refractivity contribution is 0.0913. The van der Waals surface area contributed by atoms with Crippen molar-refractivity contribution in [3.8, 4) is 0 Å². The fourth-order valence-corrected chi connectivity index (χ4v) is 2.53. The molecule has 0 aromatic heterocycles. The van der Waals surface area contributed by atoms with Crippen LogP contribution in [-0.2, 0) is 14.8 Å². The Hall–Kier alpha value is -1.80. The van der Waals surface area contributed by atoms with Gasteiger partial charge >= 0.3 is 0 Å². The topological polar surface area (TPSA) is 114 Å².